The predicted octanol–water partition coefficient (Wildman–Crippen LogP) is 0.426. The molecule has 1 saturated heterocycles. The Morgan fingerprint density at radius 2 is 2.00 bits per heavy atom. The number of nitrogens with zero attached hydrogens (tertiary/aromatic N) is 1. The van der Waals surface area contributed by atoms with Gasteiger partial charge in [-0.3, -0.25) is 5.41 Å². The highest BCUT2D eigenvalue weighted by atomic mass is 15.2. The van der Waals surface area contributed by atoms with Crippen molar-refractivity contribution in [2.24, 2.45) is 11.7 Å². The Morgan fingerprint density at radius 1 is 1.50 bits per heavy atom. The van der Waals surface area contributed by atoms with Gasteiger partial charge in [-0.15, -0.1) is 0 Å². The van der Waals surface area contributed by atoms with Crippen molar-refractivity contribution >= 4 is 5.96 Å². The quantitative estimate of drug-likeness (QED) is 0.378. The summed E-state index contributed by atoms with van der Waals surface area (Å²) in [5.74, 6) is 0.766. The van der Waals surface area contributed by atoms with Crippen LogP contribution in [0.2, 0.25) is 0 Å². The van der Waals surface area contributed by atoms with Crippen molar-refractivity contribution in [1.82, 2.24) is 4.90 Å². The average Bonchev–Trinajstić information content (AvgIpc) is 1.88. The van der Waals surface area contributed by atoms with Crippen molar-refractivity contribution < 1.29 is 0 Å². The lowest BCUT2D eigenvalue weighted by Crippen LogP contribution is -2.41. The molecule has 1 radical (unpaired) electrons. The Hall–Kier alpha value is -0.730. The monoisotopic (exact) mass is 140 g/mol. The minimum Gasteiger partial charge on any atom is -0.370 e. The second-order valence-electron chi connectivity index (χ2n) is 2.82. The molecular weight excluding hydrogens is 126 g/mol. The summed E-state index contributed by atoms with van der Waals surface area (Å²) >= 11 is 0. The highest BCUT2D eigenvalue weighted by Crippen LogP contribution is 2.14. The van der Waals surface area contributed by atoms with Gasteiger partial charge in [-0.05, 0) is 18.8 Å². The van der Waals surface area contributed by atoms with E-state index in [1.165, 1.54) is 0 Å². The Labute approximate surface area is 61.7 Å². The van der Waals surface area contributed by atoms with E-state index in [0.717, 1.165) is 25.9 Å². The fourth-order valence-electron chi connectivity index (χ4n) is 1.17. The van der Waals surface area contributed by atoms with Crippen LogP contribution in [-0.2, 0) is 0 Å². The van der Waals surface area contributed by atoms with E-state index < -0.39 is 0 Å². The first-order chi connectivity index (χ1) is 4.70. The number of rotatable bonds is 0. The van der Waals surface area contributed by atoms with Crippen molar-refractivity contribution in [2.45, 2.75) is 12.8 Å². The maximum atomic E-state index is 7.14. The number of piperidine rings is 1. The summed E-state index contributed by atoms with van der Waals surface area (Å²) in [7, 11) is 0. The van der Waals surface area contributed by atoms with Gasteiger partial charge in [0.15, 0.2) is 5.96 Å². The third-order valence-corrected chi connectivity index (χ3v) is 1.96. The molecule has 1 aliphatic heterocycles. The highest BCUT2D eigenvalue weighted by Gasteiger charge is 2.15. The molecule has 0 unspecified atom stereocenters. The fourth-order valence-corrected chi connectivity index (χ4v) is 1.17. The third kappa shape index (κ3) is 1.62. The minimum absolute atomic E-state index is 0.201. The first kappa shape index (κ1) is 7.38. The molecule has 1 rings (SSSR count). The van der Waals surface area contributed by atoms with E-state index >= 15 is 0 Å². The minimum atomic E-state index is 0.201. The van der Waals surface area contributed by atoms with Gasteiger partial charge in [-0.1, -0.05) is 6.92 Å². The molecule has 57 valence electrons. The van der Waals surface area contributed by atoms with Gasteiger partial charge in [0.2, 0.25) is 0 Å². The van der Waals surface area contributed by atoms with Gasteiger partial charge >= 0.3 is 0 Å². The molecule has 0 aromatic heterocycles. The number of nitrogens with two attached hydrogens (primary N) is 1. The van der Waals surface area contributed by atoms with Crippen LogP contribution in [0, 0.1) is 18.3 Å². The molecule has 3 N–H and O–H groups in total. The molecular formula is C7H14N3. The van der Waals surface area contributed by atoms with Crippen LogP contribution >= 0.6 is 0 Å². The molecule has 3 heteroatoms. The van der Waals surface area contributed by atoms with Crippen LogP contribution < -0.4 is 5.73 Å². The van der Waals surface area contributed by atoms with E-state index in [9.17, 15) is 0 Å². The smallest absolute Gasteiger partial charge is 0.188 e. The van der Waals surface area contributed by atoms with E-state index in [-0.39, 0.29) is 5.96 Å². The molecule has 1 aliphatic rings. The van der Waals surface area contributed by atoms with Gasteiger partial charge in [0, 0.05) is 13.1 Å². The molecule has 0 aromatic rings. The van der Waals surface area contributed by atoms with Crippen LogP contribution in [0.25, 0.3) is 0 Å². The molecule has 1 heterocycles. The van der Waals surface area contributed by atoms with Crippen LogP contribution in [0.4, 0.5) is 0 Å². The van der Waals surface area contributed by atoms with Crippen molar-refractivity contribution in [1.29, 1.82) is 5.41 Å². The van der Waals surface area contributed by atoms with Gasteiger partial charge in [0.1, 0.15) is 0 Å². The Kier molecular flexibility index (Phi) is 2.14. The van der Waals surface area contributed by atoms with Crippen LogP contribution in [0.5, 0.6) is 0 Å². The normalized spacial score (nSPS) is 21.1. The number of hydrogen-bond acceptors (Lipinski definition) is 1. The first-order valence-electron chi connectivity index (χ1n) is 3.62. The largest absolute Gasteiger partial charge is 0.370 e. The molecule has 0 bridgehead atoms. The maximum absolute atomic E-state index is 7.14. The van der Waals surface area contributed by atoms with Crippen molar-refractivity contribution in [3.05, 3.63) is 6.92 Å². The molecule has 0 saturated carbocycles. The molecule has 3 nitrogen and oxygen atoms in total. The predicted molar refractivity (Wildman–Crippen MR) is 41.6 cm³/mol. The van der Waals surface area contributed by atoms with E-state index in [4.69, 9.17) is 11.1 Å². The fraction of sp³-hybridized carbons (Fsp3) is 0.714. The summed E-state index contributed by atoms with van der Waals surface area (Å²) in [6, 6.07) is 0. The van der Waals surface area contributed by atoms with E-state index in [1.807, 2.05) is 4.90 Å². The van der Waals surface area contributed by atoms with E-state index in [2.05, 4.69) is 6.92 Å². The van der Waals surface area contributed by atoms with Crippen molar-refractivity contribution in [3.63, 3.8) is 0 Å². The van der Waals surface area contributed by atoms with Gasteiger partial charge in [0.25, 0.3) is 0 Å². The van der Waals surface area contributed by atoms with Gasteiger partial charge in [-0.2, -0.15) is 0 Å². The Balaban J connectivity index is 2.33. The van der Waals surface area contributed by atoms with Crippen LogP contribution in [-0.4, -0.2) is 23.9 Å². The van der Waals surface area contributed by atoms with Crippen LogP contribution in [0.15, 0.2) is 0 Å². The molecule has 0 spiro atoms. The molecule has 0 atom stereocenters. The van der Waals surface area contributed by atoms with E-state index in [0.29, 0.717) is 5.92 Å². The molecule has 0 aliphatic carbocycles. The van der Waals surface area contributed by atoms with Crippen molar-refractivity contribution in [2.75, 3.05) is 13.1 Å². The first-order valence-corrected chi connectivity index (χ1v) is 3.62. The number of nitrogens with one attached hydrogen (secondary N) is 1. The zero-order valence-electron chi connectivity index (χ0n) is 6.14. The zero-order valence-corrected chi connectivity index (χ0v) is 6.14. The van der Waals surface area contributed by atoms with Crippen LogP contribution in [0.1, 0.15) is 12.8 Å². The summed E-state index contributed by atoms with van der Waals surface area (Å²) < 4.78 is 0. The summed E-state index contributed by atoms with van der Waals surface area (Å²) in [6.07, 6.45) is 2.14. The van der Waals surface area contributed by atoms with Crippen molar-refractivity contribution in [3.8, 4) is 0 Å². The lowest BCUT2D eigenvalue weighted by molar-refractivity contribution is 0.293. The molecule has 10 heavy (non-hydrogen) atoms. The molecule has 1 fully saturated rings. The standard InChI is InChI=1S/C7H14N3/c1-6-2-4-10(5-3-6)7(8)9/h6H,1-5H2,(H3,8,9). The SMILES string of the molecule is [CH2]C1CCN(C(=N)N)CC1. The molecule has 0 amide bonds. The number of guanidine groups is 1. The third-order valence-electron chi connectivity index (χ3n) is 1.96. The lowest BCUT2D eigenvalue weighted by Gasteiger charge is -2.30. The Morgan fingerprint density at radius 3 is 2.40 bits per heavy atom. The van der Waals surface area contributed by atoms with Gasteiger partial charge in [-0.25, -0.2) is 0 Å². The number of hydrogen-bond donors (Lipinski definition) is 2. The number of likely N-dealkylation sites (tertiary alicyclic amines) is 1. The molecule has 0 aromatic carbocycles. The summed E-state index contributed by atoms with van der Waals surface area (Å²) in [6.45, 7) is 5.77. The topological polar surface area (TPSA) is 53.1 Å². The zero-order chi connectivity index (χ0) is 7.56. The second-order valence-corrected chi connectivity index (χ2v) is 2.82. The summed E-state index contributed by atoms with van der Waals surface area (Å²) in [4.78, 5) is 1.89. The maximum Gasteiger partial charge on any atom is 0.188 e. The summed E-state index contributed by atoms with van der Waals surface area (Å²) in [5.41, 5.74) is 5.30. The Bertz CT molecular complexity index is 125. The van der Waals surface area contributed by atoms with Crippen LogP contribution in [0.3, 0.4) is 0 Å². The second kappa shape index (κ2) is 2.90. The average molecular weight is 140 g/mol. The van der Waals surface area contributed by atoms with E-state index in [1.54, 1.807) is 0 Å². The van der Waals surface area contributed by atoms with Gasteiger partial charge in [0.05, 0.1) is 0 Å². The highest BCUT2D eigenvalue weighted by molar-refractivity contribution is 5.74. The lowest BCUT2D eigenvalue weighted by atomic mass is 10.00. The summed E-state index contributed by atoms with van der Waals surface area (Å²) in [5, 5.41) is 7.14. The van der Waals surface area contributed by atoms with Gasteiger partial charge < -0.3 is 10.6 Å².